The van der Waals surface area contributed by atoms with E-state index in [9.17, 15) is 9.59 Å². The third-order valence-corrected chi connectivity index (χ3v) is 3.67. The van der Waals surface area contributed by atoms with Gasteiger partial charge >= 0.3 is 0 Å². The van der Waals surface area contributed by atoms with Crippen molar-refractivity contribution in [2.45, 2.75) is 26.8 Å². The van der Waals surface area contributed by atoms with Gasteiger partial charge in [-0.25, -0.2) is 0 Å². The molecule has 0 saturated carbocycles. The molecular weight excluding hydrogens is 288 g/mol. The number of hydrogen-bond acceptors (Lipinski definition) is 2. The van der Waals surface area contributed by atoms with E-state index in [1.807, 2.05) is 62.4 Å². The fourth-order valence-electron chi connectivity index (χ4n) is 2.28. The summed E-state index contributed by atoms with van der Waals surface area (Å²) in [6, 6.07) is 15.6. The molecule has 2 aromatic rings. The van der Waals surface area contributed by atoms with Gasteiger partial charge in [0.2, 0.25) is 11.8 Å². The lowest BCUT2D eigenvalue weighted by atomic mass is 10.1. The number of carbonyl (C=O) groups is 2. The SMILES string of the molecule is Cc1ccc(C)c(NC(=O)CC(=O)N(C)Cc2ccccc2)c1. The molecule has 0 aliphatic rings. The largest absolute Gasteiger partial charge is 0.341 e. The zero-order valence-corrected chi connectivity index (χ0v) is 13.8. The molecule has 2 aromatic carbocycles. The molecule has 4 nitrogen and oxygen atoms in total. The van der Waals surface area contributed by atoms with Gasteiger partial charge in [0.25, 0.3) is 0 Å². The average Bonchev–Trinajstić information content (AvgIpc) is 2.51. The highest BCUT2D eigenvalue weighted by Crippen LogP contribution is 2.16. The lowest BCUT2D eigenvalue weighted by Gasteiger charge is -2.17. The second kappa shape index (κ2) is 7.58. The Balaban J connectivity index is 1.91. The van der Waals surface area contributed by atoms with Crippen molar-refractivity contribution in [2.75, 3.05) is 12.4 Å². The van der Waals surface area contributed by atoms with E-state index in [0.717, 1.165) is 22.4 Å². The van der Waals surface area contributed by atoms with Crippen molar-refractivity contribution in [3.05, 3.63) is 65.2 Å². The molecule has 2 rings (SSSR count). The molecule has 23 heavy (non-hydrogen) atoms. The minimum atomic E-state index is -0.288. The van der Waals surface area contributed by atoms with Crippen LogP contribution in [0.25, 0.3) is 0 Å². The number of rotatable bonds is 5. The number of nitrogens with zero attached hydrogens (tertiary/aromatic N) is 1. The highest BCUT2D eigenvalue weighted by atomic mass is 16.2. The number of aryl methyl sites for hydroxylation is 2. The van der Waals surface area contributed by atoms with Gasteiger partial charge in [-0.05, 0) is 36.6 Å². The van der Waals surface area contributed by atoms with E-state index in [4.69, 9.17) is 0 Å². The van der Waals surface area contributed by atoms with E-state index in [1.54, 1.807) is 11.9 Å². The fourth-order valence-corrected chi connectivity index (χ4v) is 2.28. The Kier molecular flexibility index (Phi) is 5.52. The van der Waals surface area contributed by atoms with Gasteiger partial charge in [0.15, 0.2) is 0 Å². The van der Waals surface area contributed by atoms with Crippen molar-refractivity contribution >= 4 is 17.5 Å². The lowest BCUT2D eigenvalue weighted by Crippen LogP contribution is -2.30. The molecule has 0 aromatic heterocycles. The predicted molar refractivity (Wildman–Crippen MR) is 92.1 cm³/mol. The Labute approximate surface area is 137 Å². The zero-order chi connectivity index (χ0) is 16.8. The van der Waals surface area contributed by atoms with Crippen LogP contribution in [-0.2, 0) is 16.1 Å². The van der Waals surface area contributed by atoms with Crippen molar-refractivity contribution in [1.82, 2.24) is 4.90 Å². The zero-order valence-electron chi connectivity index (χ0n) is 13.8. The van der Waals surface area contributed by atoms with Gasteiger partial charge < -0.3 is 10.2 Å². The van der Waals surface area contributed by atoms with E-state index in [1.165, 1.54) is 0 Å². The van der Waals surface area contributed by atoms with Gasteiger partial charge in [0, 0.05) is 19.3 Å². The Hall–Kier alpha value is -2.62. The fraction of sp³-hybridized carbons (Fsp3) is 0.263. The summed E-state index contributed by atoms with van der Waals surface area (Å²) in [6.07, 6.45) is -0.156. The van der Waals surface area contributed by atoms with Crippen LogP contribution < -0.4 is 5.32 Å². The smallest absolute Gasteiger partial charge is 0.233 e. The Morgan fingerprint density at radius 1 is 1.04 bits per heavy atom. The van der Waals surface area contributed by atoms with Crippen LogP contribution >= 0.6 is 0 Å². The molecule has 0 saturated heterocycles. The van der Waals surface area contributed by atoms with Crippen molar-refractivity contribution in [2.24, 2.45) is 0 Å². The normalized spacial score (nSPS) is 10.2. The number of benzene rings is 2. The molecule has 0 aliphatic heterocycles. The third kappa shape index (κ3) is 4.95. The summed E-state index contributed by atoms with van der Waals surface area (Å²) in [5, 5.41) is 2.81. The maximum absolute atomic E-state index is 12.2. The first-order valence-electron chi connectivity index (χ1n) is 7.60. The van der Waals surface area contributed by atoms with Crippen molar-refractivity contribution in [3.63, 3.8) is 0 Å². The van der Waals surface area contributed by atoms with Crippen molar-refractivity contribution < 1.29 is 9.59 Å². The molecule has 0 heterocycles. The van der Waals surface area contributed by atoms with E-state index in [2.05, 4.69) is 5.32 Å². The van der Waals surface area contributed by atoms with Gasteiger partial charge in [-0.3, -0.25) is 9.59 Å². The minimum absolute atomic E-state index is 0.156. The van der Waals surface area contributed by atoms with Crippen LogP contribution in [0.4, 0.5) is 5.69 Å². The quantitative estimate of drug-likeness (QED) is 0.862. The van der Waals surface area contributed by atoms with Crippen LogP contribution in [-0.4, -0.2) is 23.8 Å². The second-order valence-electron chi connectivity index (χ2n) is 5.78. The minimum Gasteiger partial charge on any atom is -0.341 e. The van der Waals surface area contributed by atoms with Gasteiger partial charge in [0.05, 0.1) is 0 Å². The second-order valence-corrected chi connectivity index (χ2v) is 5.78. The summed E-state index contributed by atoms with van der Waals surface area (Å²) in [4.78, 5) is 25.8. The van der Waals surface area contributed by atoms with E-state index >= 15 is 0 Å². The Morgan fingerprint density at radius 3 is 2.43 bits per heavy atom. The van der Waals surface area contributed by atoms with Crippen LogP contribution in [0.3, 0.4) is 0 Å². The molecule has 0 fully saturated rings. The highest BCUT2D eigenvalue weighted by molar-refractivity contribution is 6.03. The monoisotopic (exact) mass is 310 g/mol. The molecule has 0 spiro atoms. The lowest BCUT2D eigenvalue weighted by molar-refractivity contribution is -0.134. The van der Waals surface area contributed by atoms with Crippen molar-refractivity contribution in [3.8, 4) is 0 Å². The van der Waals surface area contributed by atoms with Crippen LogP contribution in [0.2, 0.25) is 0 Å². The predicted octanol–water partition coefficient (Wildman–Crippen LogP) is 3.29. The number of amides is 2. The van der Waals surface area contributed by atoms with Crippen LogP contribution in [0.5, 0.6) is 0 Å². The summed E-state index contributed by atoms with van der Waals surface area (Å²) >= 11 is 0. The molecule has 2 amide bonds. The molecule has 4 heteroatoms. The summed E-state index contributed by atoms with van der Waals surface area (Å²) in [5.74, 6) is -0.486. The van der Waals surface area contributed by atoms with Crippen LogP contribution in [0, 0.1) is 13.8 Å². The van der Waals surface area contributed by atoms with Gasteiger partial charge in [-0.1, -0.05) is 42.5 Å². The van der Waals surface area contributed by atoms with E-state index in [-0.39, 0.29) is 18.2 Å². The van der Waals surface area contributed by atoms with E-state index in [0.29, 0.717) is 6.54 Å². The summed E-state index contributed by atoms with van der Waals surface area (Å²) in [7, 11) is 1.71. The van der Waals surface area contributed by atoms with E-state index < -0.39 is 0 Å². The average molecular weight is 310 g/mol. The van der Waals surface area contributed by atoms with Crippen LogP contribution in [0.15, 0.2) is 48.5 Å². The molecule has 0 aliphatic carbocycles. The van der Waals surface area contributed by atoms with Crippen LogP contribution in [0.1, 0.15) is 23.1 Å². The molecule has 0 bridgehead atoms. The maximum Gasteiger partial charge on any atom is 0.233 e. The van der Waals surface area contributed by atoms with Crippen molar-refractivity contribution in [1.29, 1.82) is 0 Å². The number of nitrogens with one attached hydrogen (secondary N) is 1. The highest BCUT2D eigenvalue weighted by Gasteiger charge is 2.15. The van der Waals surface area contributed by atoms with Gasteiger partial charge in [-0.15, -0.1) is 0 Å². The summed E-state index contributed by atoms with van der Waals surface area (Å²) in [5.41, 5.74) is 3.85. The molecular formula is C19H22N2O2. The van der Waals surface area contributed by atoms with Gasteiger partial charge in [0.1, 0.15) is 6.42 Å². The molecule has 0 unspecified atom stereocenters. The molecule has 0 atom stereocenters. The molecule has 120 valence electrons. The Morgan fingerprint density at radius 2 is 1.74 bits per heavy atom. The van der Waals surface area contributed by atoms with Gasteiger partial charge in [-0.2, -0.15) is 0 Å². The third-order valence-electron chi connectivity index (χ3n) is 3.67. The maximum atomic E-state index is 12.2. The molecule has 0 radical (unpaired) electrons. The standard InChI is InChI=1S/C19H22N2O2/c1-14-9-10-15(2)17(11-14)20-18(22)12-19(23)21(3)13-16-7-5-4-6-8-16/h4-11H,12-13H2,1-3H3,(H,20,22). The summed E-state index contributed by atoms with van der Waals surface area (Å²) < 4.78 is 0. The topological polar surface area (TPSA) is 49.4 Å². The number of hydrogen-bond donors (Lipinski definition) is 1. The first kappa shape index (κ1) is 16.7. The number of anilines is 1. The number of carbonyl (C=O) groups excluding carboxylic acids is 2. The Bertz CT molecular complexity index is 696. The summed E-state index contributed by atoms with van der Waals surface area (Å²) in [6.45, 7) is 4.39. The first-order valence-corrected chi connectivity index (χ1v) is 7.60. The molecule has 1 N–H and O–H groups in total. The first-order chi connectivity index (χ1) is 11.0.